The van der Waals surface area contributed by atoms with Crippen LogP contribution in [-0.2, 0) is 4.74 Å². The Morgan fingerprint density at radius 3 is 2.56 bits per heavy atom. The van der Waals surface area contributed by atoms with E-state index in [1.165, 1.54) is 25.9 Å². The maximum absolute atomic E-state index is 9.32. The van der Waals surface area contributed by atoms with Gasteiger partial charge in [-0.15, -0.1) is 0 Å². The molecule has 18 heavy (non-hydrogen) atoms. The number of nitrogens with zero attached hydrogens (tertiary/aromatic N) is 2. The molecule has 0 aromatic heterocycles. The average molecular weight is 260 g/mol. The summed E-state index contributed by atoms with van der Waals surface area (Å²) >= 11 is 0. The van der Waals surface area contributed by atoms with E-state index < -0.39 is 0 Å². The minimum Gasteiger partial charge on any atom is -0.395 e. The molecule has 0 aliphatic carbocycles. The van der Waals surface area contributed by atoms with Gasteiger partial charge in [0.25, 0.3) is 0 Å². The third-order valence-electron chi connectivity index (χ3n) is 3.24. The van der Waals surface area contributed by atoms with Crippen molar-refractivity contribution >= 4 is 0 Å². The first-order chi connectivity index (χ1) is 8.72. The van der Waals surface area contributed by atoms with Gasteiger partial charge in [0.2, 0.25) is 0 Å². The molecule has 1 aliphatic heterocycles. The van der Waals surface area contributed by atoms with Gasteiger partial charge in [-0.1, -0.05) is 0 Å². The van der Waals surface area contributed by atoms with Crippen LogP contribution in [0, 0.1) is 0 Å². The highest BCUT2D eigenvalue weighted by molar-refractivity contribution is 4.65. The zero-order chi connectivity index (χ0) is 13.2. The number of aliphatic hydroxyl groups is 2. The topological polar surface area (TPSA) is 56.2 Å². The molecule has 2 N–H and O–H groups in total. The Kier molecular flexibility index (Phi) is 8.54. The summed E-state index contributed by atoms with van der Waals surface area (Å²) in [6, 6.07) is 0. The minimum absolute atomic E-state index is 0.125. The number of rotatable bonds is 10. The van der Waals surface area contributed by atoms with Gasteiger partial charge in [0.05, 0.1) is 25.9 Å². The number of likely N-dealkylation sites (tertiary alicyclic amines) is 1. The van der Waals surface area contributed by atoms with E-state index in [0.29, 0.717) is 19.7 Å². The molecule has 0 bridgehead atoms. The third-order valence-corrected chi connectivity index (χ3v) is 3.24. The highest BCUT2D eigenvalue weighted by atomic mass is 16.5. The Balaban J connectivity index is 1.99. The minimum atomic E-state index is -0.360. The molecule has 0 amide bonds. The molecule has 1 aliphatic rings. The van der Waals surface area contributed by atoms with E-state index in [1.54, 1.807) is 6.92 Å². The molecule has 0 radical (unpaired) electrons. The summed E-state index contributed by atoms with van der Waals surface area (Å²) in [6.07, 6.45) is 2.28. The molecule has 0 aromatic rings. The lowest BCUT2D eigenvalue weighted by molar-refractivity contribution is 0.0622. The molecule has 5 heteroatoms. The van der Waals surface area contributed by atoms with Crippen LogP contribution in [0.4, 0.5) is 0 Å². The predicted molar refractivity (Wildman–Crippen MR) is 71.7 cm³/mol. The zero-order valence-corrected chi connectivity index (χ0v) is 11.6. The van der Waals surface area contributed by atoms with Gasteiger partial charge in [-0.3, -0.25) is 4.90 Å². The van der Waals surface area contributed by atoms with Crippen molar-refractivity contribution in [2.45, 2.75) is 25.9 Å². The maximum Gasteiger partial charge on any atom is 0.0639 e. The molecule has 1 fully saturated rings. The Morgan fingerprint density at radius 2 is 1.94 bits per heavy atom. The lowest BCUT2D eigenvalue weighted by Crippen LogP contribution is -2.36. The summed E-state index contributed by atoms with van der Waals surface area (Å²) in [7, 11) is 0. The van der Waals surface area contributed by atoms with Crippen molar-refractivity contribution in [3.8, 4) is 0 Å². The van der Waals surface area contributed by atoms with E-state index in [4.69, 9.17) is 9.84 Å². The lowest BCUT2D eigenvalue weighted by Gasteiger charge is -2.22. The van der Waals surface area contributed by atoms with Crippen LogP contribution >= 0.6 is 0 Å². The fourth-order valence-electron chi connectivity index (χ4n) is 2.31. The van der Waals surface area contributed by atoms with Crippen LogP contribution < -0.4 is 0 Å². The molecule has 1 unspecified atom stereocenters. The fraction of sp³-hybridized carbons (Fsp3) is 1.00. The zero-order valence-electron chi connectivity index (χ0n) is 11.6. The van der Waals surface area contributed by atoms with E-state index in [-0.39, 0.29) is 12.7 Å². The maximum atomic E-state index is 9.32. The molecule has 108 valence electrons. The van der Waals surface area contributed by atoms with Gasteiger partial charge in [-0.25, -0.2) is 0 Å². The SMILES string of the molecule is CC(O)CN(CCO)CCOCCN1CCCC1. The van der Waals surface area contributed by atoms with E-state index in [1.807, 2.05) is 4.90 Å². The molecule has 0 aromatic carbocycles. The van der Waals surface area contributed by atoms with E-state index in [2.05, 4.69) is 4.90 Å². The Labute approximate surface area is 110 Å². The average Bonchev–Trinajstić information content (AvgIpc) is 2.81. The van der Waals surface area contributed by atoms with Gasteiger partial charge in [0.15, 0.2) is 0 Å². The quantitative estimate of drug-likeness (QED) is 0.532. The molecule has 1 atom stereocenters. The van der Waals surface area contributed by atoms with Crippen LogP contribution in [0.3, 0.4) is 0 Å². The molecular formula is C13H28N2O3. The number of ether oxygens (including phenoxy) is 1. The van der Waals surface area contributed by atoms with Gasteiger partial charge in [0.1, 0.15) is 0 Å². The monoisotopic (exact) mass is 260 g/mol. The first-order valence-electron chi connectivity index (χ1n) is 7.03. The van der Waals surface area contributed by atoms with Gasteiger partial charge in [0, 0.05) is 26.2 Å². The predicted octanol–water partition coefficient (Wildman–Crippen LogP) is -0.226. The van der Waals surface area contributed by atoms with E-state index >= 15 is 0 Å². The molecule has 1 saturated heterocycles. The smallest absolute Gasteiger partial charge is 0.0639 e. The highest BCUT2D eigenvalue weighted by Crippen LogP contribution is 2.05. The van der Waals surface area contributed by atoms with Crippen LogP contribution in [-0.4, -0.2) is 85.2 Å². The normalized spacial score (nSPS) is 18.7. The Hall–Kier alpha value is -0.200. The van der Waals surface area contributed by atoms with Crippen molar-refractivity contribution in [1.29, 1.82) is 0 Å². The van der Waals surface area contributed by atoms with Crippen LogP contribution in [0.15, 0.2) is 0 Å². The van der Waals surface area contributed by atoms with Gasteiger partial charge in [-0.2, -0.15) is 0 Å². The van der Waals surface area contributed by atoms with Crippen LogP contribution in [0.2, 0.25) is 0 Å². The van der Waals surface area contributed by atoms with Crippen molar-refractivity contribution in [2.75, 3.05) is 59.1 Å². The molecule has 0 spiro atoms. The summed E-state index contributed by atoms with van der Waals surface area (Å²) in [6.45, 7) is 8.74. The van der Waals surface area contributed by atoms with Gasteiger partial charge < -0.3 is 19.8 Å². The van der Waals surface area contributed by atoms with E-state index in [0.717, 1.165) is 19.7 Å². The standard InChI is InChI=1S/C13H28N2O3/c1-13(17)12-15(6-9-16)8-11-18-10-7-14-4-2-3-5-14/h13,16-17H,2-12H2,1H3. The second-order valence-corrected chi connectivity index (χ2v) is 5.03. The molecule has 1 rings (SSSR count). The first kappa shape index (κ1) is 15.9. The number of aliphatic hydroxyl groups excluding tert-OH is 2. The van der Waals surface area contributed by atoms with Crippen molar-refractivity contribution in [2.24, 2.45) is 0 Å². The summed E-state index contributed by atoms with van der Waals surface area (Å²) in [5.41, 5.74) is 0. The summed E-state index contributed by atoms with van der Waals surface area (Å²) in [5.74, 6) is 0. The molecular weight excluding hydrogens is 232 g/mol. The second-order valence-electron chi connectivity index (χ2n) is 5.03. The van der Waals surface area contributed by atoms with Crippen LogP contribution in [0.1, 0.15) is 19.8 Å². The summed E-state index contributed by atoms with van der Waals surface area (Å²) in [5, 5.41) is 18.2. The van der Waals surface area contributed by atoms with Gasteiger partial charge in [-0.05, 0) is 32.9 Å². The van der Waals surface area contributed by atoms with Gasteiger partial charge >= 0.3 is 0 Å². The molecule has 1 heterocycles. The van der Waals surface area contributed by atoms with Crippen molar-refractivity contribution < 1.29 is 14.9 Å². The number of hydrogen-bond donors (Lipinski definition) is 2. The second kappa shape index (κ2) is 9.69. The fourth-order valence-corrected chi connectivity index (χ4v) is 2.31. The Bertz CT molecular complexity index is 197. The van der Waals surface area contributed by atoms with Crippen molar-refractivity contribution in [3.05, 3.63) is 0 Å². The lowest BCUT2D eigenvalue weighted by atomic mass is 10.3. The molecule has 0 saturated carbocycles. The van der Waals surface area contributed by atoms with Crippen molar-refractivity contribution in [1.82, 2.24) is 9.80 Å². The Morgan fingerprint density at radius 1 is 1.22 bits per heavy atom. The van der Waals surface area contributed by atoms with Crippen LogP contribution in [0.25, 0.3) is 0 Å². The van der Waals surface area contributed by atoms with E-state index in [9.17, 15) is 5.11 Å². The highest BCUT2D eigenvalue weighted by Gasteiger charge is 2.11. The largest absolute Gasteiger partial charge is 0.395 e. The summed E-state index contributed by atoms with van der Waals surface area (Å²) < 4.78 is 5.61. The van der Waals surface area contributed by atoms with Crippen molar-refractivity contribution in [3.63, 3.8) is 0 Å². The molecule has 5 nitrogen and oxygen atoms in total. The van der Waals surface area contributed by atoms with Crippen LogP contribution in [0.5, 0.6) is 0 Å². The third kappa shape index (κ3) is 7.28. The summed E-state index contributed by atoms with van der Waals surface area (Å²) in [4.78, 5) is 4.46. The first-order valence-corrected chi connectivity index (χ1v) is 7.03. The number of hydrogen-bond acceptors (Lipinski definition) is 5.